The topological polar surface area (TPSA) is 171 Å². The van der Waals surface area contributed by atoms with Gasteiger partial charge in [-0.15, -0.1) is 10.2 Å². The van der Waals surface area contributed by atoms with Crippen LogP contribution in [0.4, 0.5) is 0 Å². The standard InChI is InChI=1S/C18H17N7O3S2/c19-8-10-30(27,28)15-6-5-13(11-7-9-21-14-4-2-1-3-12(11)14)16(17(15)29(20)26)18-22-24-25-23-18/h1-7,9H,8,10,19-20H2,(H,22,23,24,25). The molecule has 2 heterocycles. The first-order valence-corrected chi connectivity index (χ1v) is 11.6. The summed E-state index contributed by atoms with van der Waals surface area (Å²) < 4.78 is 38.2. The van der Waals surface area contributed by atoms with E-state index in [-0.39, 0.29) is 33.5 Å². The quantitative estimate of drug-likeness (QED) is 0.392. The number of para-hydroxylation sites is 1. The molecule has 0 bridgehead atoms. The molecule has 154 valence electrons. The lowest BCUT2D eigenvalue weighted by Gasteiger charge is -2.16. The molecular weight excluding hydrogens is 426 g/mol. The van der Waals surface area contributed by atoms with Gasteiger partial charge in [0.15, 0.2) is 9.84 Å². The predicted molar refractivity (Wildman–Crippen MR) is 112 cm³/mol. The van der Waals surface area contributed by atoms with Gasteiger partial charge in [0.25, 0.3) is 0 Å². The van der Waals surface area contributed by atoms with Gasteiger partial charge in [-0.2, -0.15) is 5.21 Å². The molecule has 0 aliphatic carbocycles. The van der Waals surface area contributed by atoms with E-state index in [1.807, 2.05) is 24.3 Å². The number of hydrogen-bond donors (Lipinski definition) is 3. The minimum atomic E-state index is -3.84. The second-order valence-electron chi connectivity index (χ2n) is 6.33. The van der Waals surface area contributed by atoms with Crippen molar-refractivity contribution in [1.29, 1.82) is 0 Å². The first-order chi connectivity index (χ1) is 14.4. The summed E-state index contributed by atoms with van der Waals surface area (Å²) in [6.07, 6.45) is 1.63. The molecule has 0 aliphatic rings. The summed E-state index contributed by atoms with van der Waals surface area (Å²) in [6, 6.07) is 12.3. The summed E-state index contributed by atoms with van der Waals surface area (Å²) in [5.74, 6) is -0.245. The number of H-pyrrole nitrogens is 1. The van der Waals surface area contributed by atoms with Crippen molar-refractivity contribution < 1.29 is 12.6 Å². The van der Waals surface area contributed by atoms with Crippen molar-refractivity contribution in [1.82, 2.24) is 25.6 Å². The number of nitrogens with one attached hydrogen (secondary N) is 1. The monoisotopic (exact) mass is 443 g/mol. The molecule has 4 aromatic rings. The highest BCUT2D eigenvalue weighted by Gasteiger charge is 2.28. The Morgan fingerprint density at radius 1 is 1.07 bits per heavy atom. The number of hydrogen-bond acceptors (Lipinski definition) is 8. The fourth-order valence-corrected chi connectivity index (χ4v) is 5.80. The van der Waals surface area contributed by atoms with Gasteiger partial charge in [-0.25, -0.2) is 17.8 Å². The fraction of sp³-hybridized carbons (Fsp3) is 0.111. The number of aromatic amines is 1. The van der Waals surface area contributed by atoms with Crippen molar-refractivity contribution >= 4 is 31.7 Å². The van der Waals surface area contributed by atoms with Crippen LogP contribution in [-0.4, -0.2) is 50.5 Å². The lowest BCUT2D eigenvalue weighted by Crippen LogP contribution is -2.19. The highest BCUT2D eigenvalue weighted by atomic mass is 32.2. The summed E-state index contributed by atoms with van der Waals surface area (Å²) in [7, 11) is -6.00. The molecule has 12 heteroatoms. The Labute approximate surface area is 174 Å². The molecule has 0 aliphatic heterocycles. The average Bonchev–Trinajstić information content (AvgIpc) is 3.26. The molecule has 4 rings (SSSR count). The van der Waals surface area contributed by atoms with E-state index in [9.17, 15) is 12.6 Å². The number of pyridine rings is 1. The Kier molecular flexibility index (Phi) is 5.39. The second-order valence-corrected chi connectivity index (χ2v) is 9.41. The Hall–Kier alpha value is -3.06. The number of fused-ring (bicyclic) bond motifs is 1. The summed E-state index contributed by atoms with van der Waals surface area (Å²) in [5, 5.41) is 20.5. The predicted octanol–water partition coefficient (Wildman–Crippen LogP) is 0.796. The van der Waals surface area contributed by atoms with Crippen LogP contribution in [0, 0.1) is 0 Å². The largest absolute Gasteiger partial charge is 0.329 e. The van der Waals surface area contributed by atoms with Crippen molar-refractivity contribution in [3.63, 3.8) is 0 Å². The van der Waals surface area contributed by atoms with E-state index < -0.39 is 20.8 Å². The average molecular weight is 444 g/mol. The van der Waals surface area contributed by atoms with Crippen molar-refractivity contribution in [2.24, 2.45) is 10.9 Å². The van der Waals surface area contributed by atoms with Crippen LogP contribution in [0.1, 0.15) is 0 Å². The molecule has 0 fully saturated rings. The van der Waals surface area contributed by atoms with Gasteiger partial charge in [0, 0.05) is 23.7 Å². The van der Waals surface area contributed by atoms with Gasteiger partial charge in [-0.3, -0.25) is 4.98 Å². The van der Waals surface area contributed by atoms with Crippen LogP contribution in [0.3, 0.4) is 0 Å². The van der Waals surface area contributed by atoms with Crippen LogP contribution in [0.15, 0.2) is 58.5 Å². The lowest BCUT2D eigenvalue weighted by atomic mass is 9.96. The molecule has 2 aromatic carbocycles. The van der Waals surface area contributed by atoms with Crippen LogP contribution >= 0.6 is 0 Å². The molecule has 0 spiro atoms. The molecule has 1 unspecified atom stereocenters. The summed E-state index contributed by atoms with van der Waals surface area (Å²) in [5.41, 5.74) is 7.71. The third kappa shape index (κ3) is 3.50. The van der Waals surface area contributed by atoms with E-state index >= 15 is 0 Å². The van der Waals surface area contributed by atoms with E-state index in [2.05, 4.69) is 25.6 Å². The van der Waals surface area contributed by atoms with Gasteiger partial charge in [-0.1, -0.05) is 24.3 Å². The lowest BCUT2D eigenvalue weighted by molar-refractivity contribution is 0.593. The van der Waals surface area contributed by atoms with Gasteiger partial charge >= 0.3 is 0 Å². The zero-order valence-electron chi connectivity index (χ0n) is 15.5. The van der Waals surface area contributed by atoms with Gasteiger partial charge in [0.05, 0.1) is 21.1 Å². The molecular formula is C18H17N7O3S2. The van der Waals surface area contributed by atoms with E-state index in [1.54, 1.807) is 18.3 Å². The number of benzene rings is 2. The number of sulfone groups is 1. The van der Waals surface area contributed by atoms with E-state index in [0.717, 1.165) is 16.5 Å². The number of nitrogens with two attached hydrogens (primary N) is 2. The Morgan fingerprint density at radius 2 is 1.87 bits per heavy atom. The van der Waals surface area contributed by atoms with Crippen LogP contribution in [-0.2, 0) is 20.8 Å². The maximum absolute atomic E-state index is 12.8. The molecule has 0 saturated heterocycles. The molecule has 0 radical (unpaired) electrons. The molecule has 0 amide bonds. The Balaban J connectivity index is 2.13. The number of nitrogens with zero attached hydrogens (tertiary/aromatic N) is 4. The summed E-state index contributed by atoms with van der Waals surface area (Å²) >= 11 is 0. The SMILES string of the molecule is NCCS(=O)(=O)c1ccc(-c2ccnc3ccccc23)c(-c2nn[nH]n2)c1S(N)=O. The van der Waals surface area contributed by atoms with Crippen LogP contribution in [0.2, 0.25) is 0 Å². The highest BCUT2D eigenvalue weighted by molar-refractivity contribution is 7.92. The first kappa shape index (κ1) is 20.2. The number of rotatable bonds is 6. The number of tetrazole rings is 1. The Bertz CT molecular complexity index is 1350. The minimum absolute atomic E-state index is 0.0736. The van der Waals surface area contributed by atoms with E-state index in [0.29, 0.717) is 5.56 Å². The van der Waals surface area contributed by atoms with Crippen molar-refractivity contribution in [2.75, 3.05) is 12.3 Å². The van der Waals surface area contributed by atoms with Crippen LogP contribution in [0.5, 0.6) is 0 Å². The molecule has 10 nitrogen and oxygen atoms in total. The van der Waals surface area contributed by atoms with E-state index in [1.165, 1.54) is 6.07 Å². The maximum atomic E-state index is 12.8. The minimum Gasteiger partial charge on any atom is -0.329 e. The van der Waals surface area contributed by atoms with Gasteiger partial charge in [0.1, 0.15) is 11.0 Å². The van der Waals surface area contributed by atoms with Gasteiger partial charge < -0.3 is 5.73 Å². The normalized spacial score (nSPS) is 12.9. The third-order valence-electron chi connectivity index (χ3n) is 4.55. The summed E-state index contributed by atoms with van der Waals surface area (Å²) in [4.78, 5) is 4.09. The zero-order chi connectivity index (χ0) is 21.3. The third-order valence-corrected chi connectivity index (χ3v) is 7.29. The second kappa shape index (κ2) is 7.99. The summed E-state index contributed by atoms with van der Waals surface area (Å²) in [6.45, 7) is -0.0900. The van der Waals surface area contributed by atoms with Gasteiger partial charge in [0.2, 0.25) is 5.82 Å². The highest BCUT2D eigenvalue weighted by Crippen LogP contribution is 2.40. The van der Waals surface area contributed by atoms with E-state index in [4.69, 9.17) is 10.9 Å². The maximum Gasteiger partial charge on any atom is 0.206 e. The van der Waals surface area contributed by atoms with Gasteiger partial charge in [-0.05, 0) is 34.5 Å². The Morgan fingerprint density at radius 3 is 2.57 bits per heavy atom. The van der Waals surface area contributed by atoms with Crippen molar-refractivity contribution in [3.8, 4) is 22.5 Å². The molecule has 30 heavy (non-hydrogen) atoms. The van der Waals surface area contributed by atoms with Crippen molar-refractivity contribution in [2.45, 2.75) is 9.79 Å². The molecule has 1 atom stereocenters. The number of aromatic nitrogens is 5. The van der Waals surface area contributed by atoms with Crippen LogP contribution in [0.25, 0.3) is 33.4 Å². The fourth-order valence-electron chi connectivity index (χ4n) is 3.32. The molecule has 2 aromatic heterocycles. The zero-order valence-corrected chi connectivity index (χ0v) is 17.2. The molecule has 0 saturated carbocycles. The smallest absolute Gasteiger partial charge is 0.206 e. The first-order valence-electron chi connectivity index (χ1n) is 8.78. The van der Waals surface area contributed by atoms with Crippen molar-refractivity contribution in [3.05, 3.63) is 48.7 Å². The molecule has 5 N–H and O–H groups in total. The van der Waals surface area contributed by atoms with Crippen LogP contribution < -0.4 is 10.9 Å².